The van der Waals surface area contributed by atoms with Gasteiger partial charge in [0.2, 0.25) is 0 Å². The Bertz CT molecular complexity index is 775. The van der Waals surface area contributed by atoms with Crippen LogP contribution in [0.1, 0.15) is 40.0 Å². The minimum Gasteiger partial charge on any atom is -0.458 e. The van der Waals surface area contributed by atoms with Crippen LogP contribution in [0.15, 0.2) is 23.0 Å². The molecule has 1 saturated carbocycles. The van der Waals surface area contributed by atoms with E-state index in [-0.39, 0.29) is 17.4 Å². The molecule has 2 fully saturated rings. The number of ether oxygens (including phenoxy) is 1. The first-order valence-corrected chi connectivity index (χ1v) is 8.88. The summed E-state index contributed by atoms with van der Waals surface area (Å²) in [5.74, 6) is -1.30. The lowest BCUT2D eigenvalue weighted by Gasteiger charge is -2.47. The molecule has 3 aliphatic rings. The molecule has 0 spiro atoms. The van der Waals surface area contributed by atoms with Crippen molar-refractivity contribution in [3.8, 4) is 0 Å². The molecule has 0 amide bonds. The monoisotopic (exact) mass is 366 g/mol. The quantitative estimate of drug-likeness (QED) is 0.325. The fourth-order valence-corrected chi connectivity index (χ4v) is 4.62. The van der Waals surface area contributed by atoms with E-state index in [1.54, 1.807) is 13.0 Å². The Morgan fingerprint density at radius 3 is 2.50 bits per heavy atom. The van der Waals surface area contributed by atoms with Crippen molar-refractivity contribution >= 4 is 16.1 Å². The summed E-state index contributed by atoms with van der Waals surface area (Å²) in [7, 11) is -5.83. The number of halogens is 3. The molecule has 1 heterocycles. The van der Waals surface area contributed by atoms with Gasteiger partial charge in [0.25, 0.3) is 0 Å². The van der Waals surface area contributed by atoms with Crippen LogP contribution in [0.4, 0.5) is 13.2 Å². The highest BCUT2D eigenvalue weighted by atomic mass is 32.2. The van der Waals surface area contributed by atoms with Crippen LogP contribution in [0.3, 0.4) is 0 Å². The average molecular weight is 366 g/mol. The molecule has 0 aromatic heterocycles. The van der Waals surface area contributed by atoms with Gasteiger partial charge >= 0.3 is 21.6 Å². The summed E-state index contributed by atoms with van der Waals surface area (Å²) in [6.07, 6.45) is 2.26. The number of hydrogen-bond donors (Lipinski definition) is 0. The molecule has 134 valence electrons. The standard InChI is InChI=1S/C15H17F3O5S/c1-13(2)7-6-10-14(3)9(13)5-4-8(11(14)12(19)22-10)23-24(20,21)15(16,17)18/h5,10H,4,6-7H2,1-3H3/t10-,14+/m0/s1. The van der Waals surface area contributed by atoms with E-state index in [0.717, 1.165) is 12.0 Å². The van der Waals surface area contributed by atoms with Crippen LogP contribution in [-0.2, 0) is 23.8 Å². The Balaban J connectivity index is 2.11. The third-order valence-electron chi connectivity index (χ3n) is 5.20. The highest BCUT2D eigenvalue weighted by Crippen LogP contribution is 2.61. The molecule has 0 radical (unpaired) electrons. The molecule has 0 N–H and O–H groups in total. The third-order valence-corrected chi connectivity index (χ3v) is 6.19. The van der Waals surface area contributed by atoms with Crippen molar-refractivity contribution in [3.05, 3.63) is 23.0 Å². The lowest BCUT2D eigenvalue weighted by atomic mass is 9.55. The van der Waals surface area contributed by atoms with Crippen LogP contribution in [0.25, 0.3) is 0 Å². The molecule has 5 nitrogen and oxygen atoms in total. The van der Waals surface area contributed by atoms with E-state index in [4.69, 9.17) is 4.74 Å². The van der Waals surface area contributed by atoms with Crippen molar-refractivity contribution in [3.63, 3.8) is 0 Å². The summed E-state index contributed by atoms with van der Waals surface area (Å²) in [4.78, 5) is 12.2. The predicted octanol–water partition coefficient (Wildman–Crippen LogP) is 3.19. The van der Waals surface area contributed by atoms with Gasteiger partial charge in [-0.1, -0.05) is 25.5 Å². The molecular formula is C15H17F3O5S. The Hall–Kier alpha value is -1.51. The van der Waals surface area contributed by atoms with E-state index < -0.39 is 38.9 Å². The molecule has 24 heavy (non-hydrogen) atoms. The summed E-state index contributed by atoms with van der Waals surface area (Å²) < 4.78 is 70.1. The Morgan fingerprint density at radius 1 is 1.29 bits per heavy atom. The topological polar surface area (TPSA) is 69.7 Å². The molecule has 0 bridgehead atoms. The Morgan fingerprint density at radius 2 is 1.92 bits per heavy atom. The molecule has 9 heteroatoms. The van der Waals surface area contributed by atoms with Crippen molar-refractivity contribution in [1.82, 2.24) is 0 Å². The van der Waals surface area contributed by atoms with Gasteiger partial charge in [0.05, 0.1) is 11.0 Å². The van der Waals surface area contributed by atoms with Crippen molar-refractivity contribution in [2.45, 2.75) is 51.6 Å². The number of carbonyl (C=O) groups excluding carboxylic acids is 1. The third kappa shape index (κ3) is 2.20. The van der Waals surface area contributed by atoms with Crippen molar-refractivity contribution in [2.75, 3.05) is 0 Å². The van der Waals surface area contributed by atoms with Crippen molar-refractivity contribution in [2.24, 2.45) is 10.8 Å². The molecule has 0 aromatic carbocycles. The van der Waals surface area contributed by atoms with Crippen molar-refractivity contribution in [1.29, 1.82) is 0 Å². The number of alkyl halides is 3. The number of rotatable bonds is 2. The van der Waals surface area contributed by atoms with E-state index in [1.807, 2.05) is 13.8 Å². The maximum atomic E-state index is 12.6. The van der Waals surface area contributed by atoms with Gasteiger partial charge in [-0.2, -0.15) is 21.6 Å². The number of hydrogen-bond acceptors (Lipinski definition) is 5. The Kier molecular flexibility index (Phi) is 3.44. The van der Waals surface area contributed by atoms with Gasteiger partial charge in [-0.3, -0.25) is 0 Å². The van der Waals surface area contributed by atoms with Crippen LogP contribution in [0.5, 0.6) is 0 Å². The largest absolute Gasteiger partial charge is 0.534 e. The molecule has 2 atom stereocenters. The lowest BCUT2D eigenvalue weighted by Crippen LogP contribution is -2.44. The van der Waals surface area contributed by atoms with Crippen molar-refractivity contribution < 1.29 is 35.3 Å². The molecule has 0 aromatic rings. The van der Waals surface area contributed by atoms with Crippen LogP contribution >= 0.6 is 0 Å². The second kappa shape index (κ2) is 4.77. The molecular weight excluding hydrogens is 349 g/mol. The molecule has 1 saturated heterocycles. The minimum atomic E-state index is -5.83. The Labute approximate surface area is 137 Å². The first-order chi connectivity index (χ1) is 10.8. The van der Waals surface area contributed by atoms with Gasteiger partial charge in [0.1, 0.15) is 11.9 Å². The van der Waals surface area contributed by atoms with Gasteiger partial charge in [0, 0.05) is 6.42 Å². The van der Waals surface area contributed by atoms with E-state index in [1.165, 1.54) is 0 Å². The van der Waals surface area contributed by atoms with Gasteiger partial charge in [-0.25, -0.2) is 4.79 Å². The zero-order chi connectivity index (χ0) is 18.1. The van der Waals surface area contributed by atoms with Crippen LogP contribution in [-0.4, -0.2) is 26.0 Å². The normalized spacial score (nSPS) is 32.2. The number of esters is 1. The zero-order valence-electron chi connectivity index (χ0n) is 13.4. The maximum Gasteiger partial charge on any atom is 0.534 e. The number of carbonyl (C=O) groups is 1. The lowest BCUT2D eigenvalue weighted by molar-refractivity contribution is -0.140. The van der Waals surface area contributed by atoms with Gasteiger partial charge in [0.15, 0.2) is 0 Å². The van der Waals surface area contributed by atoms with Crippen LogP contribution in [0, 0.1) is 10.8 Å². The second-order valence-corrected chi connectivity index (χ2v) is 8.66. The molecule has 1 aliphatic heterocycles. The van der Waals surface area contributed by atoms with E-state index in [2.05, 4.69) is 4.18 Å². The van der Waals surface area contributed by atoms with E-state index in [9.17, 15) is 26.4 Å². The first kappa shape index (κ1) is 17.3. The molecule has 3 rings (SSSR count). The summed E-state index contributed by atoms with van der Waals surface area (Å²) in [6, 6.07) is 0. The number of allylic oxidation sites excluding steroid dienone is 1. The summed E-state index contributed by atoms with van der Waals surface area (Å²) in [5, 5.41) is 0. The van der Waals surface area contributed by atoms with Gasteiger partial charge in [-0.15, -0.1) is 0 Å². The fraction of sp³-hybridized carbons (Fsp3) is 0.667. The molecule has 2 aliphatic carbocycles. The fourth-order valence-electron chi connectivity index (χ4n) is 4.11. The maximum absolute atomic E-state index is 12.6. The van der Waals surface area contributed by atoms with E-state index in [0.29, 0.717) is 6.42 Å². The zero-order valence-corrected chi connectivity index (χ0v) is 14.2. The van der Waals surface area contributed by atoms with E-state index >= 15 is 0 Å². The van der Waals surface area contributed by atoms with Gasteiger partial charge < -0.3 is 8.92 Å². The van der Waals surface area contributed by atoms with Gasteiger partial charge in [-0.05, 0) is 25.2 Å². The SMILES string of the molecule is CC1(C)CC[C@@H]2OC(=O)C3=C(OS(=O)(=O)C(F)(F)F)CC=C1[C@@]32C. The highest BCUT2D eigenvalue weighted by Gasteiger charge is 2.61. The van der Waals surface area contributed by atoms with Crippen LogP contribution < -0.4 is 0 Å². The average Bonchev–Trinajstić information content (AvgIpc) is 2.66. The molecule has 0 unspecified atom stereocenters. The second-order valence-electron chi connectivity index (χ2n) is 7.12. The predicted molar refractivity (Wildman–Crippen MR) is 76.8 cm³/mol. The van der Waals surface area contributed by atoms with Crippen LogP contribution in [0.2, 0.25) is 0 Å². The smallest absolute Gasteiger partial charge is 0.458 e. The summed E-state index contributed by atoms with van der Waals surface area (Å²) >= 11 is 0. The minimum absolute atomic E-state index is 0.106. The first-order valence-electron chi connectivity index (χ1n) is 7.47. The highest BCUT2D eigenvalue weighted by molar-refractivity contribution is 7.87. The summed E-state index contributed by atoms with van der Waals surface area (Å²) in [6.45, 7) is 5.67. The summed E-state index contributed by atoms with van der Waals surface area (Å²) in [5.41, 5.74) is -6.01.